The number of nitrogens with zero attached hydrogens (tertiary/aromatic N) is 3. The second-order valence-electron chi connectivity index (χ2n) is 3.99. The van der Waals surface area contributed by atoms with E-state index < -0.39 is 12.1 Å². The van der Waals surface area contributed by atoms with E-state index in [-0.39, 0.29) is 0 Å². The molecule has 0 radical (unpaired) electrons. The van der Waals surface area contributed by atoms with Gasteiger partial charge in [-0.05, 0) is 5.56 Å². The first-order valence-electron chi connectivity index (χ1n) is 5.42. The molecule has 0 saturated carbocycles. The number of hydrogen-bond donors (Lipinski definition) is 1. The Morgan fingerprint density at radius 1 is 1.06 bits per heavy atom. The standard InChI is InChI=1S/C12H17N3O3/c1-13(9-10-7-5-4-6-8-10)11(16)14(2)12(17)15(3)18/h4-8,18H,9H2,1-3H3. The zero-order chi connectivity index (χ0) is 13.7. The van der Waals surface area contributed by atoms with Crippen LogP contribution >= 0.6 is 0 Å². The summed E-state index contributed by atoms with van der Waals surface area (Å²) in [5.41, 5.74) is 0.964. The summed E-state index contributed by atoms with van der Waals surface area (Å²) in [6.07, 6.45) is 0. The number of rotatable bonds is 2. The number of carbonyl (C=O) groups is 2. The van der Waals surface area contributed by atoms with Crippen LogP contribution in [0.4, 0.5) is 9.59 Å². The summed E-state index contributed by atoms with van der Waals surface area (Å²) in [5, 5.41) is 9.35. The third-order valence-corrected chi connectivity index (χ3v) is 2.44. The van der Waals surface area contributed by atoms with Crippen molar-refractivity contribution in [2.75, 3.05) is 21.1 Å². The van der Waals surface area contributed by atoms with Crippen LogP contribution in [0.2, 0.25) is 0 Å². The Morgan fingerprint density at radius 2 is 1.61 bits per heavy atom. The van der Waals surface area contributed by atoms with Gasteiger partial charge in [-0.1, -0.05) is 30.3 Å². The Labute approximate surface area is 106 Å². The zero-order valence-electron chi connectivity index (χ0n) is 10.7. The molecule has 98 valence electrons. The summed E-state index contributed by atoms with van der Waals surface area (Å²) in [6, 6.07) is 8.17. The van der Waals surface area contributed by atoms with Crippen LogP contribution in [0, 0.1) is 0 Å². The molecule has 0 saturated heterocycles. The predicted molar refractivity (Wildman–Crippen MR) is 66.0 cm³/mol. The van der Waals surface area contributed by atoms with Gasteiger partial charge in [0.25, 0.3) is 0 Å². The van der Waals surface area contributed by atoms with Crippen molar-refractivity contribution in [1.29, 1.82) is 0 Å². The van der Waals surface area contributed by atoms with Crippen molar-refractivity contribution in [2.45, 2.75) is 6.54 Å². The average Bonchev–Trinajstić information content (AvgIpc) is 2.37. The summed E-state index contributed by atoms with van der Waals surface area (Å²) in [7, 11) is 4.08. The second-order valence-corrected chi connectivity index (χ2v) is 3.99. The lowest BCUT2D eigenvalue weighted by Crippen LogP contribution is -2.46. The van der Waals surface area contributed by atoms with Crippen molar-refractivity contribution in [2.24, 2.45) is 0 Å². The van der Waals surface area contributed by atoms with Crippen LogP contribution in [-0.2, 0) is 6.54 Å². The molecule has 0 aliphatic heterocycles. The first kappa shape index (κ1) is 14.0. The van der Waals surface area contributed by atoms with Crippen LogP contribution in [-0.4, -0.2) is 53.3 Å². The first-order valence-corrected chi connectivity index (χ1v) is 5.42. The minimum atomic E-state index is -0.778. The van der Waals surface area contributed by atoms with Crippen molar-refractivity contribution in [1.82, 2.24) is 14.9 Å². The van der Waals surface area contributed by atoms with Gasteiger partial charge in [0.05, 0.1) is 0 Å². The van der Waals surface area contributed by atoms with E-state index in [2.05, 4.69) is 0 Å². The summed E-state index contributed by atoms with van der Waals surface area (Å²) < 4.78 is 0. The van der Waals surface area contributed by atoms with Crippen LogP contribution in [0.3, 0.4) is 0 Å². The fourth-order valence-corrected chi connectivity index (χ4v) is 1.48. The highest BCUT2D eigenvalue weighted by molar-refractivity contribution is 5.92. The molecule has 0 heterocycles. The highest BCUT2D eigenvalue weighted by atomic mass is 16.5. The van der Waals surface area contributed by atoms with Crippen LogP contribution in [0.1, 0.15) is 5.56 Å². The van der Waals surface area contributed by atoms with E-state index in [4.69, 9.17) is 5.21 Å². The number of amides is 4. The molecule has 1 aromatic carbocycles. The van der Waals surface area contributed by atoms with Crippen molar-refractivity contribution in [3.8, 4) is 0 Å². The minimum Gasteiger partial charge on any atom is -0.323 e. The zero-order valence-corrected chi connectivity index (χ0v) is 10.7. The van der Waals surface area contributed by atoms with Crippen LogP contribution < -0.4 is 0 Å². The number of imide groups is 1. The molecular weight excluding hydrogens is 234 g/mol. The number of hydroxylamine groups is 2. The van der Waals surface area contributed by atoms with E-state index in [9.17, 15) is 9.59 Å². The van der Waals surface area contributed by atoms with Gasteiger partial charge in [0.1, 0.15) is 0 Å². The third kappa shape index (κ3) is 3.46. The quantitative estimate of drug-likeness (QED) is 0.641. The van der Waals surface area contributed by atoms with Gasteiger partial charge in [0.15, 0.2) is 0 Å². The van der Waals surface area contributed by atoms with Gasteiger partial charge < -0.3 is 4.90 Å². The fourth-order valence-electron chi connectivity index (χ4n) is 1.48. The molecule has 0 aromatic heterocycles. The van der Waals surface area contributed by atoms with Gasteiger partial charge in [-0.25, -0.2) is 19.6 Å². The third-order valence-electron chi connectivity index (χ3n) is 2.44. The Kier molecular flexibility index (Phi) is 4.67. The maximum atomic E-state index is 11.9. The van der Waals surface area contributed by atoms with Gasteiger partial charge in [0, 0.05) is 27.7 Å². The SMILES string of the molecule is CN(O)C(=O)N(C)C(=O)N(C)Cc1ccccc1. The molecule has 1 aromatic rings. The molecule has 0 atom stereocenters. The molecular formula is C12H17N3O3. The molecule has 4 amide bonds. The van der Waals surface area contributed by atoms with Gasteiger partial charge >= 0.3 is 12.1 Å². The minimum absolute atomic E-state index is 0.369. The Hall–Kier alpha value is -2.08. The van der Waals surface area contributed by atoms with Crippen LogP contribution in [0.15, 0.2) is 30.3 Å². The normalized spacial score (nSPS) is 9.78. The second kappa shape index (κ2) is 6.02. The van der Waals surface area contributed by atoms with Gasteiger partial charge in [-0.3, -0.25) is 5.21 Å². The van der Waals surface area contributed by atoms with Crippen molar-refractivity contribution in [3.05, 3.63) is 35.9 Å². The smallest absolute Gasteiger partial charge is 0.323 e. The van der Waals surface area contributed by atoms with Gasteiger partial charge in [-0.15, -0.1) is 0 Å². The summed E-state index contributed by atoms with van der Waals surface area (Å²) in [6.45, 7) is 0.395. The van der Waals surface area contributed by atoms with Crippen molar-refractivity contribution >= 4 is 12.1 Å². The number of carbonyl (C=O) groups excluding carboxylic acids is 2. The summed E-state index contributed by atoms with van der Waals surface area (Å²) in [5.74, 6) is 0. The fraction of sp³-hybridized carbons (Fsp3) is 0.333. The maximum absolute atomic E-state index is 11.9. The van der Waals surface area contributed by atoms with Crippen molar-refractivity contribution < 1.29 is 14.8 Å². The molecule has 0 spiro atoms. The lowest BCUT2D eigenvalue weighted by atomic mass is 10.2. The highest BCUT2D eigenvalue weighted by Gasteiger charge is 2.22. The van der Waals surface area contributed by atoms with E-state index in [0.717, 1.165) is 10.5 Å². The molecule has 0 aliphatic carbocycles. The Bertz CT molecular complexity index is 420. The first-order chi connectivity index (χ1) is 8.43. The molecule has 6 heteroatoms. The monoisotopic (exact) mass is 251 g/mol. The predicted octanol–water partition coefficient (Wildman–Crippen LogP) is 1.61. The van der Waals surface area contributed by atoms with E-state index in [0.29, 0.717) is 11.6 Å². The molecule has 0 fully saturated rings. The number of benzene rings is 1. The molecule has 18 heavy (non-hydrogen) atoms. The molecule has 0 aliphatic rings. The maximum Gasteiger partial charge on any atom is 0.351 e. The van der Waals surface area contributed by atoms with E-state index in [1.54, 1.807) is 7.05 Å². The van der Waals surface area contributed by atoms with E-state index in [1.165, 1.54) is 19.0 Å². The average molecular weight is 251 g/mol. The van der Waals surface area contributed by atoms with Gasteiger partial charge in [-0.2, -0.15) is 0 Å². The molecule has 0 unspecified atom stereocenters. The topological polar surface area (TPSA) is 64.1 Å². The molecule has 1 N–H and O–H groups in total. The molecule has 6 nitrogen and oxygen atoms in total. The molecule has 0 bridgehead atoms. The summed E-state index contributed by atoms with van der Waals surface area (Å²) in [4.78, 5) is 25.5. The van der Waals surface area contributed by atoms with Gasteiger partial charge in [0.2, 0.25) is 0 Å². The number of hydrogen-bond acceptors (Lipinski definition) is 3. The highest BCUT2D eigenvalue weighted by Crippen LogP contribution is 2.05. The lowest BCUT2D eigenvalue weighted by Gasteiger charge is -2.25. The Balaban J connectivity index is 2.64. The molecule has 1 rings (SSSR count). The van der Waals surface area contributed by atoms with Crippen molar-refractivity contribution in [3.63, 3.8) is 0 Å². The lowest BCUT2D eigenvalue weighted by molar-refractivity contribution is -0.0284. The Morgan fingerprint density at radius 3 is 2.11 bits per heavy atom. The van der Waals surface area contributed by atoms with Crippen LogP contribution in [0.5, 0.6) is 0 Å². The van der Waals surface area contributed by atoms with E-state index >= 15 is 0 Å². The number of urea groups is 2. The summed E-state index contributed by atoms with van der Waals surface area (Å²) >= 11 is 0. The van der Waals surface area contributed by atoms with E-state index in [1.807, 2.05) is 30.3 Å². The largest absolute Gasteiger partial charge is 0.351 e. The van der Waals surface area contributed by atoms with Crippen LogP contribution in [0.25, 0.3) is 0 Å².